The number of methoxy groups -OCH3 is 1. The second-order valence-corrected chi connectivity index (χ2v) is 4.39. The Bertz CT molecular complexity index is 334. The van der Waals surface area contributed by atoms with Gasteiger partial charge in [-0.15, -0.1) is 0 Å². The number of rotatable bonds is 6. The largest absolute Gasteiger partial charge is 0.472 e. The molecule has 1 aromatic rings. The van der Waals surface area contributed by atoms with E-state index in [1.807, 2.05) is 6.92 Å². The summed E-state index contributed by atoms with van der Waals surface area (Å²) < 4.78 is 11.4. The Morgan fingerprint density at radius 1 is 1.44 bits per heavy atom. The average Bonchev–Trinajstić information content (AvgIpc) is 2.17. The van der Waals surface area contributed by atoms with Gasteiger partial charge in [-0.1, -0.05) is 6.92 Å². The molecule has 16 heavy (non-hydrogen) atoms. The van der Waals surface area contributed by atoms with Crippen LogP contribution in [0.5, 0.6) is 5.88 Å². The van der Waals surface area contributed by atoms with Crippen molar-refractivity contribution in [2.24, 2.45) is 0 Å². The number of ether oxygens (including phenoxy) is 2. The minimum Gasteiger partial charge on any atom is -0.472 e. The van der Waals surface area contributed by atoms with Crippen molar-refractivity contribution in [1.82, 2.24) is 9.97 Å². The van der Waals surface area contributed by atoms with Crippen LogP contribution in [0.4, 0.5) is 0 Å². The van der Waals surface area contributed by atoms with Gasteiger partial charge in [-0.3, -0.25) is 0 Å². The Hall–Kier alpha value is -0.680. The maximum Gasteiger partial charge on any atom is 0.218 e. The van der Waals surface area contributed by atoms with Gasteiger partial charge in [0, 0.05) is 19.6 Å². The molecule has 0 spiro atoms. The minimum atomic E-state index is -0.0127. The van der Waals surface area contributed by atoms with Gasteiger partial charge in [0.2, 0.25) is 5.88 Å². The van der Waals surface area contributed by atoms with E-state index in [1.165, 1.54) is 0 Å². The third-order valence-electron chi connectivity index (χ3n) is 1.91. The van der Waals surface area contributed by atoms with E-state index in [0.29, 0.717) is 12.5 Å². The van der Waals surface area contributed by atoms with Crippen LogP contribution in [0.25, 0.3) is 0 Å². The Kier molecular flexibility index (Phi) is 5.69. The summed E-state index contributed by atoms with van der Waals surface area (Å²) in [6.45, 7) is 4.59. The molecule has 0 N–H and O–H groups in total. The van der Waals surface area contributed by atoms with E-state index in [2.05, 4.69) is 32.8 Å². The van der Waals surface area contributed by atoms with E-state index in [9.17, 15) is 0 Å². The van der Waals surface area contributed by atoms with E-state index in [0.717, 1.165) is 23.3 Å². The molecule has 1 unspecified atom stereocenters. The fraction of sp³-hybridized carbons (Fsp3) is 0.636. The molecule has 0 aliphatic carbocycles. The first-order valence-electron chi connectivity index (χ1n) is 5.34. The lowest BCUT2D eigenvalue weighted by Crippen LogP contribution is -2.19. The molecule has 5 heteroatoms. The van der Waals surface area contributed by atoms with Gasteiger partial charge in [-0.2, -0.15) is 4.98 Å². The summed E-state index contributed by atoms with van der Waals surface area (Å²) in [4.78, 5) is 8.60. The monoisotopic (exact) mass is 288 g/mol. The van der Waals surface area contributed by atoms with Crippen LogP contribution >= 0.6 is 15.9 Å². The van der Waals surface area contributed by atoms with Crippen LogP contribution in [0.1, 0.15) is 26.1 Å². The van der Waals surface area contributed by atoms with E-state index in [-0.39, 0.29) is 6.10 Å². The van der Waals surface area contributed by atoms with Crippen molar-refractivity contribution in [1.29, 1.82) is 0 Å². The van der Waals surface area contributed by atoms with Crippen LogP contribution in [0.2, 0.25) is 0 Å². The summed E-state index contributed by atoms with van der Waals surface area (Å²) in [6, 6.07) is 1.77. The first kappa shape index (κ1) is 13.4. The summed E-state index contributed by atoms with van der Waals surface area (Å²) in [5.41, 5.74) is 0. The molecular weight excluding hydrogens is 272 g/mol. The van der Waals surface area contributed by atoms with Crippen LogP contribution in [0.15, 0.2) is 10.7 Å². The first-order valence-corrected chi connectivity index (χ1v) is 6.14. The summed E-state index contributed by atoms with van der Waals surface area (Å²) in [7, 11) is 1.65. The van der Waals surface area contributed by atoms with Crippen molar-refractivity contribution in [3.8, 4) is 5.88 Å². The van der Waals surface area contributed by atoms with Gasteiger partial charge >= 0.3 is 0 Å². The Labute approximate surface area is 105 Å². The highest BCUT2D eigenvalue weighted by molar-refractivity contribution is 9.10. The summed E-state index contributed by atoms with van der Waals surface area (Å²) >= 11 is 3.35. The van der Waals surface area contributed by atoms with Gasteiger partial charge in [0.1, 0.15) is 16.5 Å². The van der Waals surface area contributed by atoms with E-state index in [1.54, 1.807) is 13.2 Å². The molecule has 0 saturated carbocycles. The third-order valence-corrected chi connectivity index (χ3v) is 2.32. The smallest absolute Gasteiger partial charge is 0.218 e. The normalized spacial score (nSPS) is 12.5. The fourth-order valence-electron chi connectivity index (χ4n) is 1.31. The molecule has 0 radical (unpaired) electrons. The molecule has 0 aliphatic rings. The molecule has 0 fully saturated rings. The predicted molar refractivity (Wildman–Crippen MR) is 65.7 cm³/mol. The second kappa shape index (κ2) is 6.81. The second-order valence-electron chi connectivity index (χ2n) is 3.58. The lowest BCUT2D eigenvalue weighted by Gasteiger charge is -2.13. The summed E-state index contributed by atoms with van der Waals surface area (Å²) in [6.07, 6.45) is 1.86. The number of aromatic nitrogens is 2. The van der Waals surface area contributed by atoms with E-state index < -0.39 is 0 Å². The number of aryl methyl sites for hydroxylation is 1. The average molecular weight is 289 g/mol. The zero-order valence-corrected chi connectivity index (χ0v) is 11.5. The Morgan fingerprint density at radius 2 is 2.19 bits per heavy atom. The molecule has 0 saturated heterocycles. The molecular formula is C11H17BrN2O2. The molecule has 1 heterocycles. The van der Waals surface area contributed by atoms with Gasteiger partial charge in [-0.05, 0) is 29.3 Å². The topological polar surface area (TPSA) is 44.2 Å². The zero-order chi connectivity index (χ0) is 12.0. The highest BCUT2D eigenvalue weighted by Gasteiger charge is 2.07. The van der Waals surface area contributed by atoms with Crippen LogP contribution in [-0.2, 0) is 11.2 Å². The molecule has 1 aromatic heterocycles. The van der Waals surface area contributed by atoms with E-state index in [4.69, 9.17) is 9.47 Å². The van der Waals surface area contributed by atoms with Crippen molar-refractivity contribution in [2.45, 2.75) is 32.8 Å². The van der Waals surface area contributed by atoms with E-state index >= 15 is 0 Å². The van der Waals surface area contributed by atoms with Gasteiger partial charge in [0.15, 0.2) is 0 Å². The molecule has 1 rings (SSSR count). The lowest BCUT2D eigenvalue weighted by atomic mass is 10.3. The maximum absolute atomic E-state index is 5.62. The van der Waals surface area contributed by atoms with Crippen LogP contribution in [-0.4, -0.2) is 29.8 Å². The third kappa shape index (κ3) is 4.45. The summed E-state index contributed by atoms with van der Waals surface area (Å²) in [5.74, 6) is 1.39. The van der Waals surface area contributed by atoms with Crippen LogP contribution < -0.4 is 4.74 Å². The maximum atomic E-state index is 5.62. The SMILES string of the molecule is CCCc1nc(Br)cc(OC(C)COC)n1. The molecule has 0 bridgehead atoms. The molecule has 0 aromatic carbocycles. The standard InChI is InChI=1S/C11H17BrN2O2/c1-4-5-10-13-9(12)6-11(14-10)16-8(2)7-15-3/h6,8H,4-5,7H2,1-3H3. The van der Waals surface area contributed by atoms with Crippen LogP contribution in [0, 0.1) is 0 Å². The Morgan fingerprint density at radius 3 is 2.81 bits per heavy atom. The highest BCUT2D eigenvalue weighted by atomic mass is 79.9. The number of nitrogens with zero attached hydrogens (tertiary/aromatic N) is 2. The van der Waals surface area contributed by atoms with Crippen molar-refractivity contribution in [3.05, 3.63) is 16.5 Å². The fourth-order valence-corrected chi connectivity index (χ4v) is 1.71. The zero-order valence-electron chi connectivity index (χ0n) is 9.86. The number of hydrogen-bond donors (Lipinski definition) is 0. The number of hydrogen-bond acceptors (Lipinski definition) is 4. The van der Waals surface area contributed by atoms with Crippen molar-refractivity contribution in [2.75, 3.05) is 13.7 Å². The van der Waals surface area contributed by atoms with Gasteiger partial charge in [0.05, 0.1) is 6.61 Å². The molecule has 0 aliphatic heterocycles. The minimum absolute atomic E-state index is 0.0127. The molecule has 4 nitrogen and oxygen atoms in total. The number of halogens is 1. The molecule has 0 amide bonds. The Balaban J connectivity index is 2.71. The molecule has 90 valence electrons. The molecule has 1 atom stereocenters. The summed E-state index contributed by atoms with van der Waals surface area (Å²) in [5, 5.41) is 0. The van der Waals surface area contributed by atoms with Gasteiger partial charge < -0.3 is 9.47 Å². The van der Waals surface area contributed by atoms with Crippen molar-refractivity contribution < 1.29 is 9.47 Å². The van der Waals surface area contributed by atoms with Gasteiger partial charge in [-0.25, -0.2) is 4.98 Å². The lowest BCUT2D eigenvalue weighted by molar-refractivity contribution is 0.0886. The van der Waals surface area contributed by atoms with Crippen molar-refractivity contribution >= 4 is 15.9 Å². The predicted octanol–water partition coefficient (Wildman–Crippen LogP) is 2.61. The highest BCUT2D eigenvalue weighted by Crippen LogP contribution is 2.16. The first-order chi connectivity index (χ1) is 7.65. The van der Waals surface area contributed by atoms with Crippen LogP contribution in [0.3, 0.4) is 0 Å². The van der Waals surface area contributed by atoms with Gasteiger partial charge in [0.25, 0.3) is 0 Å². The van der Waals surface area contributed by atoms with Crippen molar-refractivity contribution in [3.63, 3.8) is 0 Å². The quantitative estimate of drug-likeness (QED) is 0.755.